The van der Waals surface area contributed by atoms with Gasteiger partial charge in [-0.15, -0.1) is 0 Å². The summed E-state index contributed by atoms with van der Waals surface area (Å²) in [4.78, 5) is 23.7. The van der Waals surface area contributed by atoms with Crippen LogP contribution in [0.4, 0.5) is 8.78 Å². The van der Waals surface area contributed by atoms with Crippen LogP contribution in [0.5, 0.6) is 5.75 Å². The minimum Gasteiger partial charge on any atom is -0.434 e. The number of aliphatic hydroxyl groups excluding tert-OH is 1. The molecule has 0 unspecified atom stereocenters. The summed E-state index contributed by atoms with van der Waals surface area (Å²) in [5.74, 6) is -0.334. The smallest absolute Gasteiger partial charge is 0.387 e. The molecule has 9 nitrogen and oxygen atoms in total. The van der Waals surface area contributed by atoms with Crippen LogP contribution < -0.4 is 4.74 Å². The molecule has 1 aliphatic heterocycles. The van der Waals surface area contributed by atoms with Gasteiger partial charge in [0.2, 0.25) is 0 Å². The number of alkyl halides is 2. The molecule has 1 saturated carbocycles. The van der Waals surface area contributed by atoms with Crippen molar-refractivity contribution in [2.45, 2.75) is 56.0 Å². The fourth-order valence-corrected chi connectivity index (χ4v) is 6.46. The van der Waals surface area contributed by atoms with Crippen molar-refractivity contribution in [3.63, 3.8) is 0 Å². The predicted molar refractivity (Wildman–Crippen MR) is 134 cm³/mol. The van der Waals surface area contributed by atoms with Crippen molar-refractivity contribution in [1.82, 2.24) is 24.5 Å². The van der Waals surface area contributed by atoms with E-state index in [9.17, 15) is 23.8 Å². The number of aliphatic hydroxyl groups is 2. The molecule has 2 N–H and O–H groups in total. The third kappa shape index (κ3) is 3.64. The SMILES string of the molecule is CN1C(=O)c2cccc(OC(F)F)c2[C@H]2C[C@@H]1c1nn3ccc(-c4cnc([C@@]5(O)CC[C@H](O)C5)nc4)cc3c12. The third-order valence-corrected chi connectivity index (χ3v) is 8.34. The number of benzene rings is 1. The van der Waals surface area contributed by atoms with Gasteiger partial charge in [-0.05, 0) is 49.1 Å². The first-order valence-corrected chi connectivity index (χ1v) is 12.8. The van der Waals surface area contributed by atoms with Crippen LogP contribution in [0.25, 0.3) is 16.6 Å². The quantitative estimate of drug-likeness (QED) is 0.411. The predicted octanol–water partition coefficient (Wildman–Crippen LogP) is 3.79. The highest BCUT2D eigenvalue weighted by Crippen LogP contribution is 2.53. The lowest BCUT2D eigenvalue weighted by molar-refractivity contribution is -0.0505. The maximum Gasteiger partial charge on any atom is 0.387 e. The van der Waals surface area contributed by atoms with Crippen LogP contribution in [0.2, 0.25) is 0 Å². The summed E-state index contributed by atoms with van der Waals surface area (Å²) in [6.45, 7) is -3.02. The standard InChI is InChI=1S/C28H25F2N5O4/c1-34-20-10-18(22-17(25(34)37)3-2-4-21(22)39-27(29)30)23-19-9-14(6-8-35(19)33-24(20)23)15-12-31-26(32-13-15)28(38)7-5-16(36)11-28/h2-4,6,8-9,12-13,16,18,20,27,36,38H,5,7,10-11H2,1H3/t16-,18+,20+,28+/m0/s1. The molecule has 3 aliphatic rings. The number of nitrogens with zero attached hydrogens (tertiary/aromatic N) is 5. The first-order chi connectivity index (χ1) is 18.7. The highest BCUT2D eigenvalue weighted by atomic mass is 19.3. The van der Waals surface area contributed by atoms with Crippen LogP contribution in [-0.4, -0.2) is 60.4 Å². The van der Waals surface area contributed by atoms with E-state index in [1.807, 2.05) is 18.3 Å². The number of amides is 1. The number of ether oxygens (including phenoxy) is 1. The van der Waals surface area contributed by atoms with Crippen molar-refractivity contribution >= 4 is 11.4 Å². The van der Waals surface area contributed by atoms with Crippen LogP contribution in [0.3, 0.4) is 0 Å². The van der Waals surface area contributed by atoms with Crippen LogP contribution in [0, 0.1) is 0 Å². The molecule has 4 aromatic rings. The minimum absolute atomic E-state index is 0.00259. The minimum atomic E-state index is -3.02. The summed E-state index contributed by atoms with van der Waals surface area (Å²) < 4.78 is 33.3. The van der Waals surface area contributed by atoms with E-state index in [-0.39, 0.29) is 35.9 Å². The molecular weight excluding hydrogens is 508 g/mol. The Hall–Kier alpha value is -3.96. The van der Waals surface area contributed by atoms with E-state index in [1.165, 1.54) is 6.07 Å². The van der Waals surface area contributed by atoms with Gasteiger partial charge in [0.1, 0.15) is 11.4 Å². The zero-order valence-corrected chi connectivity index (χ0v) is 21.0. The molecule has 11 heteroatoms. The van der Waals surface area contributed by atoms with E-state index in [0.717, 1.165) is 27.9 Å². The molecule has 4 heterocycles. The number of hydrogen-bond acceptors (Lipinski definition) is 7. The normalized spacial score (nSPS) is 25.7. The molecule has 200 valence electrons. The van der Waals surface area contributed by atoms with E-state index < -0.39 is 18.3 Å². The summed E-state index contributed by atoms with van der Waals surface area (Å²) in [6.07, 6.45) is 6.16. The zero-order chi connectivity index (χ0) is 27.1. The number of halogens is 2. The first-order valence-electron chi connectivity index (χ1n) is 12.8. The van der Waals surface area contributed by atoms with Crippen LogP contribution in [0.15, 0.2) is 48.9 Å². The Labute approximate surface area is 221 Å². The number of hydrogen-bond donors (Lipinski definition) is 2. The van der Waals surface area contributed by atoms with Gasteiger partial charge in [-0.1, -0.05) is 6.07 Å². The largest absolute Gasteiger partial charge is 0.434 e. The summed E-state index contributed by atoms with van der Waals surface area (Å²) in [6, 6.07) is 8.21. The Morgan fingerprint density at radius 1 is 1.15 bits per heavy atom. The van der Waals surface area contributed by atoms with Crippen molar-refractivity contribution < 1.29 is 28.5 Å². The van der Waals surface area contributed by atoms with E-state index in [1.54, 1.807) is 41.0 Å². The van der Waals surface area contributed by atoms with E-state index >= 15 is 0 Å². The van der Waals surface area contributed by atoms with Gasteiger partial charge in [0.15, 0.2) is 5.82 Å². The fourth-order valence-electron chi connectivity index (χ4n) is 6.46. The van der Waals surface area contributed by atoms with Gasteiger partial charge in [-0.3, -0.25) is 4.79 Å². The van der Waals surface area contributed by atoms with Gasteiger partial charge >= 0.3 is 6.61 Å². The molecule has 0 saturated heterocycles. The van der Waals surface area contributed by atoms with Crippen LogP contribution >= 0.6 is 0 Å². The second kappa shape index (κ2) is 8.52. The molecule has 1 aromatic carbocycles. The highest BCUT2D eigenvalue weighted by molar-refractivity contribution is 5.98. The summed E-state index contributed by atoms with van der Waals surface area (Å²) in [7, 11) is 1.71. The van der Waals surface area contributed by atoms with Crippen LogP contribution in [-0.2, 0) is 5.60 Å². The Morgan fingerprint density at radius 3 is 2.67 bits per heavy atom. The third-order valence-electron chi connectivity index (χ3n) is 8.34. The van der Waals surface area contributed by atoms with Crippen molar-refractivity contribution in [3.05, 3.63) is 77.1 Å². The molecular formula is C28H25F2N5O4. The number of fused-ring (bicyclic) bond motifs is 9. The Morgan fingerprint density at radius 2 is 1.95 bits per heavy atom. The van der Waals surface area contributed by atoms with Crippen LogP contribution in [0.1, 0.15) is 70.6 Å². The highest BCUT2D eigenvalue weighted by Gasteiger charge is 2.46. The number of carbonyl (C=O) groups is 1. The molecule has 0 radical (unpaired) electrons. The molecule has 1 amide bonds. The van der Waals surface area contributed by atoms with Gasteiger partial charge in [0.05, 0.1) is 23.4 Å². The van der Waals surface area contributed by atoms with Gasteiger partial charge < -0.3 is 19.8 Å². The van der Waals surface area contributed by atoms with Gasteiger partial charge in [-0.25, -0.2) is 14.5 Å². The molecule has 0 spiro atoms. The lowest BCUT2D eigenvalue weighted by Crippen LogP contribution is -2.30. The van der Waals surface area contributed by atoms with Crippen molar-refractivity contribution in [2.75, 3.05) is 7.05 Å². The second-order valence-corrected chi connectivity index (χ2v) is 10.6. The summed E-state index contributed by atoms with van der Waals surface area (Å²) >= 11 is 0. The molecule has 2 bridgehead atoms. The number of rotatable bonds is 4. The zero-order valence-electron chi connectivity index (χ0n) is 21.0. The first kappa shape index (κ1) is 24.1. The van der Waals surface area contributed by atoms with Crippen molar-refractivity contribution in [1.29, 1.82) is 0 Å². The maximum atomic E-state index is 13.3. The lowest BCUT2D eigenvalue weighted by atomic mass is 9.88. The average Bonchev–Trinajstić information content (AvgIpc) is 3.57. The van der Waals surface area contributed by atoms with Gasteiger partial charge in [-0.2, -0.15) is 13.9 Å². The molecule has 3 aromatic heterocycles. The molecule has 7 rings (SSSR count). The number of pyridine rings is 1. The number of aromatic nitrogens is 4. The monoisotopic (exact) mass is 533 g/mol. The maximum absolute atomic E-state index is 13.3. The van der Waals surface area contributed by atoms with Crippen molar-refractivity contribution in [2.24, 2.45) is 0 Å². The Balaban J connectivity index is 1.33. The molecule has 2 aliphatic carbocycles. The fraction of sp³-hybridized carbons (Fsp3) is 0.357. The Bertz CT molecular complexity index is 1620. The average molecular weight is 534 g/mol. The van der Waals surface area contributed by atoms with E-state index in [2.05, 4.69) is 9.97 Å². The summed E-state index contributed by atoms with van der Waals surface area (Å²) in [5.41, 5.74) is 3.51. The van der Waals surface area contributed by atoms with Crippen molar-refractivity contribution in [3.8, 4) is 16.9 Å². The summed E-state index contributed by atoms with van der Waals surface area (Å²) in [5, 5.41) is 25.5. The molecule has 39 heavy (non-hydrogen) atoms. The van der Waals surface area contributed by atoms with Gasteiger partial charge in [0, 0.05) is 60.2 Å². The lowest BCUT2D eigenvalue weighted by Gasteiger charge is -2.23. The molecule has 4 atom stereocenters. The molecule has 1 fully saturated rings. The van der Waals surface area contributed by atoms with E-state index in [4.69, 9.17) is 9.84 Å². The van der Waals surface area contributed by atoms with E-state index in [0.29, 0.717) is 30.4 Å². The second-order valence-electron chi connectivity index (χ2n) is 10.6. The topological polar surface area (TPSA) is 113 Å². The van der Waals surface area contributed by atoms with Gasteiger partial charge in [0.25, 0.3) is 5.91 Å². The number of carbonyl (C=O) groups excluding carboxylic acids is 1. The Kier molecular flexibility index (Phi) is 5.27.